The van der Waals surface area contributed by atoms with Crippen LogP contribution >= 0.6 is 32.3 Å². The highest BCUT2D eigenvalue weighted by Crippen LogP contribution is 2.35. The zero-order valence-electron chi connectivity index (χ0n) is 34.9. The smallest absolute Gasteiger partial charge is 0.303 e. The SMILES string of the molecule is CC(=O)OC[C@H]1O[C@@H](O[C@H]2[C@H](OC(C)=O)[C@@H](OC(C)=O)[C@H](/N=c3/ssc(=Nc4ccc(Cl)cc4)n3-c3ccccc3)O[C@@H]2COC(C)=O)[C@H](OC(C)=O)[C@@H](OC(C)=O)[C@H]1OC(C)=O. The summed E-state index contributed by atoms with van der Waals surface area (Å²) in [5, 5.41) is 0.516. The third-order valence-corrected chi connectivity index (χ3v) is 11.1. The Kier molecular flexibility index (Phi) is 17.1. The lowest BCUT2D eigenvalue weighted by atomic mass is 9.95. The van der Waals surface area contributed by atoms with Crippen molar-refractivity contribution >= 4 is 79.8 Å². The number of benzene rings is 2. The van der Waals surface area contributed by atoms with Gasteiger partial charge < -0.3 is 47.4 Å². The molecule has 63 heavy (non-hydrogen) atoms. The summed E-state index contributed by atoms with van der Waals surface area (Å²) in [6.45, 7) is 6.39. The van der Waals surface area contributed by atoms with Gasteiger partial charge in [0.05, 0.1) is 11.4 Å². The molecule has 0 bridgehead atoms. The number of ether oxygens (including phenoxy) is 10. The van der Waals surface area contributed by atoms with Crippen LogP contribution < -0.4 is 9.60 Å². The van der Waals surface area contributed by atoms with Gasteiger partial charge in [-0.1, -0.05) is 29.8 Å². The highest BCUT2D eigenvalue weighted by molar-refractivity contribution is 7.67. The van der Waals surface area contributed by atoms with Gasteiger partial charge in [-0.25, -0.2) is 9.98 Å². The molecule has 0 radical (unpaired) electrons. The minimum atomic E-state index is -1.83. The van der Waals surface area contributed by atoms with E-state index in [1.165, 1.54) is 20.7 Å². The first kappa shape index (κ1) is 48.5. The van der Waals surface area contributed by atoms with Crippen LogP contribution in [0.15, 0.2) is 64.6 Å². The van der Waals surface area contributed by atoms with Crippen molar-refractivity contribution in [1.29, 1.82) is 0 Å². The van der Waals surface area contributed by atoms with E-state index in [4.69, 9.17) is 69.0 Å². The summed E-state index contributed by atoms with van der Waals surface area (Å²) in [5.74, 6) is -5.94. The molecular formula is C40H44ClN3O17S2. The van der Waals surface area contributed by atoms with E-state index < -0.39 is 116 Å². The van der Waals surface area contributed by atoms with E-state index in [2.05, 4.69) is 0 Å². The maximum Gasteiger partial charge on any atom is 0.303 e. The zero-order chi connectivity index (χ0) is 46.0. The number of hydrogen-bond donors (Lipinski definition) is 0. The van der Waals surface area contributed by atoms with Crippen LogP contribution in [0.5, 0.6) is 0 Å². The summed E-state index contributed by atoms with van der Waals surface area (Å²) in [5.41, 5.74) is 1.22. The Bertz CT molecular complexity index is 2280. The van der Waals surface area contributed by atoms with Crippen LogP contribution in [0.4, 0.5) is 5.69 Å². The molecule has 20 nitrogen and oxygen atoms in total. The van der Waals surface area contributed by atoms with Gasteiger partial charge in [0.25, 0.3) is 0 Å². The number of rotatable bonds is 14. The fourth-order valence-electron chi connectivity index (χ4n) is 6.50. The normalized spacial score (nSPS) is 26.2. The van der Waals surface area contributed by atoms with Gasteiger partial charge in [0.1, 0.15) is 31.5 Å². The number of carbonyl (C=O) groups is 7. The van der Waals surface area contributed by atoms with Crippen molar-refractivity contribution < 1.29 is 80.9 Å². The molecule has 3 heterocycles. The van der Waals surface area contributed by atoms with Crippen molar-refractivity contribution in [1.82, 2.24) is 4.57 Å². The number of para-hydroxylation sites is 1. The Morgan fingerprint density at radius 2 is 1.05 bits per heavy atom. The molecule has 5 rings (SSSR count). The van der Waals surface area contributed by atoms with Crippen molar-refractivity contribution in [2.45, 2.75) is 110 Å². The van der Waals surface area contributed by atoms with Gasteiger partial charge in [0.2, 0.25) is 9.60 Å². The number of esters is 7. The maximum atomic E-state index is 12.9. The van der Waals surface area contributed by atoms with Gasteiger partial charge in [0, 0.05) is 53.5 Å². The molecule has 0 spiro atoms. The Morgan fingerprint density at radius 1 is 0.571 bits per heavy atom. The molecule has 1 aromatic heterocycles. The quantitative estimate of drug-likeness (QED) is 0.128. The second kappa shape index (κ2) is 22.2. The Balaban J connectivity index is 1.68. The third-order valence-electron chi connectivity index (χ3n) is 8.78. The number of aromatic nitrogens is 1. The van der Waals surface area contributed by atoms with Gasteiger partial charge in [-0.05, 0) is 57.1 Å². The molecule has 0 unspecified atom stereocenters. The minimum Gasteiger partial charge on any atom is -0.463 e. The average Bonchev–Trinajstić information content (AvgIpc) is 3.59. The highest BCUT2D eigenvalue weighted by atomic mass is 35.5. The summed E-state index contributed by atoms with van der Waals surface area (Å²) >= 11 is 6.11. The first-order chi connectivity index (χ1) is 29.9. The predicted octanol–water partition coefficient (Wildman–Crippen LogP) is 3.01. The largest absolute Gasteiger partial charge is 0.463 e. The number of nitrogens with zero attached hydrogens (tertiary/aromatic N) is 3. The van der Waals surface area contributed by atoms with Gasteiger partial charge in [-0.2, -0.15) is 0 Å². The monoisotopic (exact) mass is 937 g/mol. The molecule has 0 amide bonds. The third kappa shape index (κ3) is 13.5. The van der Waals surface area contributed by atoms with Gasteiger partial charge in [-0.15, -0.1) is 0 Å². The first-order valence-corrected chi connectivity index (χ1v) is 21.6. The molecular weight excluding hydrogens is 894 g/mol. The molecule has 2 aromatic carbocycles. The van der Waals surface area contributed by atoms with E-state index in [0.29, 0.717) is 21.2 Å². The highest BCUT2D eigenvalue weighted by Gasteiger charge is 2.57. The van der Waals surface area contributed by atoms with E-state index in [9.17, 15) is 33.6 Å². The molecule has 2 fully saturated rings. The van der Waals surface area contributed by atoms with Gasteiger partial charge in [-0.3, -0.25) is 38.1 Å². The summed E-state index contributed by atoms with van der Waals surface area (Å²) in [4.78, 5) is 97.9. The molecule has 0 saturated carbocycles. The van der Waals surface area contributed by atoms with Gasteiger partial charge in [0.15, 0.2) is 43.0 Å². The standard InChI is InChI=1S/C40H44ClN3O17S2/c1-19(45)52-17-29-32(61-38-36(58-25(7)51)34(56-23(5)49)31(54-21(3)47)30(60-38)18-53-20(2)46)33(55-22(4)48)35(57-24(6)50)37(59-29)43-40-44(28-11-9-8-10-12-28)39(62-63-40)42-27-15-13-26(41)14-16-27/h8-16,29-38H,17-18H2,1-7H3/b42-39?,43-40+/t29-,30-,31+,32-,33+,34+,35-,36-,37-,38+/m1/s1. The molecule has 23 heteroatoms. The van der Waals surface area contributed by atoms with Crippen LogP contribution in [0.2, 0.25) is 5.02 Å². The maximum absolute atomic E-state index is 12.9. The number of carbonyl (C=O) groups excluding carboxylic acids is 7. The van der Waals surface area contributed by atoms with E-state index in [0.717, 1.165) is 48.5 Å². The van der Waals surface area contributed by atoms with Crippen molar-refractivity contribution in [3.63, 3.8) is 0 Å². The molecule has 0 N–H and O–H groups in total. The molecule has 10 atom stereocenters. The first-order valence-electron chi connectivity index (χ1n) is 19.1. The number of hydrogen-bond acceptors (Lipinski definition) is 21. The molecule has 2 saturated heterocycles. The Morgan fingerprint density at radius 3 is 1.59 bits per heavy atom. The fraction of sp³-hybridized carbons (Fsp3) is 0.475. The topological polar surface area (TPSA) is 241 Å². The van der Waals surface area contributed by atoms with Crippen molar-refractivity contribution in [2.75, 3.05) is 13.2 Å². The van der Waals surface area contributed by atoms with Crippen LogP contribution in [0.25, 0.3) is 5.69 Å². The summed E-state index contributed by atoms with van der Waals surface area (Å²) < 4.78 is 59.6. The Labute approximate surface area is 371 Å². The second-order valence-corrected chi connectivity index (χ2v) is 16.3. The van der Waals surface area contributed by atoms with Crippen LogP contribution in [-0.4, -0.2) is 121 Å². The van der Waals surface area contributed by atoms with E-state index in [1.54, 1.807) is 41.0 Å². The molecule has 3 aromatic rings. The fourth-order valence-corrected chi connectivity index (χ4v) is 8.80. The second-order valence-electron chi connectivity index (χ2n) is 13.8. The summed E-state index contributed by atoms with van der Waals surface area (Å²) in [6.07, 6.45) is -16.0. The zero-order valence-corrected chi connectivity index (χ0v) is 37.2. The Hall–Kier alpha value is -5.52. The molecule has 0 aliphatic carbocycles. The predicted molar refractivity (Wildman–Crippen MR) is 217 cm³/mol. The van der Waals surface area contributed by atoms with Crippen molar-refractivity contribution in [3.05, 3.63) is 69.2 Å². The lowest BCUT2D eigenvalue weighted by molar-refractivity contribution is -0.344. The van der Waals surface area contributed by atoms with Crippen LogP contribution in [0.1, 0.15) is 48.5 Å². The van der Waals surface area contributed by atoms with Gasteiger partial charge >= 0.3 is 41.8 Å². The minimum absolute atomic E-state index is 0.285. The van der Waals surface area contributed by atoms with Crippen LogP contribution in [0.3, 0.4) is 0 Å². The lowest BCUT2D eigenvalue weighted by Crippen LogP contribution is -2.67. The summed E-state index contributed by atoms with van der Waals surface area (Å²) in [7, 11) is 2.44. The van der Waals surface area contributed by atoms with E-state index in [-0.39, 0.29) is 4.80 Å². The average molecular weight is 938 g/mol. The van der Waals surface area contributed by atoms with Crippen molar-refractivity contribution in [2.24, 2.45) is 9.98 Å². The van der Waals surface area contributed by atoms with Crippen LogP contribution in [0, 0.1) is 0 Å². The van der Waals surface area contributed by atoms with E-state index >= 15 is 0 Å². The van der Waals surface area contributed by atoms with E-state index in [1.807, 2.05) is 18.2 Å². The lowest BCUT2D eigenvalue weighted by Gasteiger charge is -2.48. The summed E-state index contributed by atoms with van der Waals surface area (Å²) in [6, 6.07) is 15.9. The van der Waals surface area contributed by atoms with Crippen LogP contribution in [-0.2, 0) is 80.9 Å². The number of halogens is 1. The van der Waals surface area contributed by atoms with Crippen molar-refractivity contribution in [3.8, 4) is 5.69 Å². The molecule has 340 valence electrons. The molecule has 2 aliphatic heterocycles. The molecule has 2 aliphatic rings.